The normalized spacial score (nSPS) is 13.3. The number of benzene rings is 2. The molecule has 32 heavy (non-hydrogen) atoms. The Morgan fingerprint density at radius 3 is 2.88 bits per heavy atom. The maximum Gasteiger partial charge on any atom is 0.271 e. The molecule has 1 amide bonds. The van der Waals surface area contributed by atoms with Crippen LogP contribution in [0.2, 0.25) is 5.02 Å². The summed E-state index contributed by atoms with van der Waals surface area (Å²) in [5.74, 6) is 1.11. The Morgan fingerprint density at radius 2 is 2.09 bits per heavy atom. The number of halogens is 1. The molecule has 0 aliphatic carbocycles. The van der Waals surface area contributed by atoms with Crippen LogP contribution in [0.4, 0.5) is 5.82 Å². The first kappa shape index (κ1) is 22.2. The molecule has 7 nitrogen and oxygen atoms in total. The van der Waals surface area contributed by atoms with Gasteiger partial charge in [-0.15, -0.1) is 0 Å². The Balaban J connectivity index is 1.51. The van der Waals surface area contributed by atoms with E-state index in [4.69, 9.17) is 22.1 Å². The molecule has 0 saturated carbocycles. The summed E-state index contributed by atoms with van der Waals surface area (Å²) >= 11 is 6.39. The molecule has 3 aromatic rings. The van der Waals surface area contributed by atoms with Crippen LogP contribution < -0.4 is 21.1 Å². The van der Waals surface area contributed by atoms with Crippen molar-refractivity contribution in [2.75, 3.05) is 25.0 Å². The number of nitrogens with zero attached hydrogens (tertiary/aromatic N) is 2. The zero-order valence-corrected chi connectivity index (χ0v) is 18.9. The van der Waals surface area contributed by atoms with Crippen molar-refractivity contribution < 1.29 is 9.53 Å². The molecule has 1 aliphatic heterocycles. The molecule has 0 radical (unpaired) electrons. The lowest BCUT2D eigenvalue weighted by Crippen LogP contribution is -2.32. The van der Waals surface area contributed by atoms with Gasteiger partial charge >= 0.3 is 0 Å². The van der Waals surface area contributed by atoms with Crippen molar-refractivity contribution in [2.45, 2.75) is 32.4 Å². The molecule has 0 bridgehead atoms. The Hall–Kier alpha value is -3.03. The largest absolute Gasteiger partial charge is 0.491 e. The van der Waals surface area contributed by atoms with Crippen LogP contribution in [0.25, 0.3) is 0 Å². The number of hydrogen-bond acceptors (Lipinski definition) is 5. The number of carbonyl (C=O) groups is 1. The van der Waals surface area contributed by atoms with Gasteiger partial charge in [0.1, 0.15) is 5.75 Å². The van der Waals surface area contributed by atoms with Gasteiger partial charge in [0.25, 0.3) is 5.91 Å². The van der Waals surface area contributed by atoms with Crippen molar-refractivity contribution in [3.63, 3.8) is 0 Å². The van der Waals surface area contributed by atoms with Crippen molar-refractivity contribution in [3.8, 4) is 5.75 Å². The highest BCUT2D eigenvalue weighted by atomic mass is 35.5. The summed E-state index contributed by atoms with van der Waals surface area (Å²) < 4.78 is 7.43. The smallest absolute Gasteiger partial charge is 0.271 e. The molecule has 4 rings (SSSR count). The second-order valence-electron chi connectivity index (χ2n) is 7.92. The van der Waals surface area contributed by atoms with Gasteiger partial charge in [0.05, 0.1) is 18.0 Å². The number of rotatable bonds is 9. The number of ether oxygens (including phenoxy) is 1. The number of nitrogens with one attached hydrogen (secondary N) is 2. The summed E-state index contributed by atoms with van der Waals surface area (Å²) in [6.45, 7) is 4.04. The number of nitrogens with two attached hydrogens (primary N) is 1. The van der Waals surface area contributed by atoms with Crippen LogP contribution in [-0.2, 0) is 19.4 Å². The lowest BCUT2D eigenvalue weighted by atomic mass is 10.1. The number of aromatic nitrogens is 2. The molecular formula is C24H28ClN5O2. The minimum Gasteiger partial charge on any atom is -0.491 e. The summed E-state index contributed by atoms with van der Waals surface area (Å²) in [4.78, 5) is 17.3. The zero-order valence-electron chi connectivity index (χ0n) is 18.1. The van der Waals surface area contributed by atoms with Crippen molar-refractivity contribution in [2.24, 2.45) is 5.73 Å². The second kappa shape index (κ2) is 10.1. The van der Waals surface area contributed by atoms with E-state index in [0.29, 0.717) is 42.8 Å². The van der Waals surface area contributed by atoms with Gasteiger partial charge in [-0.2, -0.15) is 0 Å². The van der Waals surface area contributed by atoms with Crippen molar-refractivity contribution in [1.29, 1.82) is 0 Å². The monoisotopic (exact) mass is 453 g/mol. The first-order chi connectivity index (χ1) is 15.5. The molecule has 2 heterocycles. The standard InChI is InChI=1S/C24H28ClN5O2/c1-2-27-24(31)21-23(28-13-19(26)11-16-6-4-3-5-7-16)29-15-30(21)14-17-10-18-8-9-32-22(18)20(25)12-17/h3-7,10,12,15,19,28H,2,8-9,11,13-14,26H2,1H3,(H,27,31)/t19-/m1/s1. The van der Waals surface area contributed by atoms with Crippen molar-refractivity contribution in [1.82, 2.24) is 14.9 Å². The number of amides is 1. The summed E-state index contributed by atoms with van der Waals surface area (Å²) in [5.41, 5.74) is 10.1. The van der Waals surface area contributed by atoms with E-state index < -0.39 is 0 Å². The average molecular weight is 454 g/mol. The van der Waals surface area contributed by atoms with Gasteiger partial charge in [-0.25, -0.2) is 4.98 Å². The minimum absolute atomic E-state index is 0.111. The van der Waals surface area contributed by atoms with Crippen LogP contribution in [0.1, 0.15) is 34.1 Å². The fourth-order valence-corrected chi connectivity index (χ4v) is 4.26. The number of hydrogen-bond donors (Lipinski definition) is 3. The van der Waals surface area contributed by atoms with E-state index in [1.165, 1.54) is 5.56 Å². The van der Waals surface area contributed by atoms with Gasteiger partial charge in [0, 0.05) is 32.1 Å². The van der Waals surface area contributed by atoms with Crippen LogP contribution >= 0.6 is 11.6 Å². The Kier molecular flexibility index (Phi) is 6.97. The fourth-order valence-electron chi connectivity index (χ4n) is 3.94. The number of anilines is 1. The van der Waals surface area contributed by atoms with Crippen LogP contribution in [-0.4, -0.2) is 41.2 Å². The van der Waals surface area contributed by atoms with Crippen LogP contribution in [0, 0.1) is 0 Å². The third kappa shape index (κ3) is 5.06. The van der Waals surface area contributed by atoms with Gasteiger partial charge in [-0.05, 0) is 36.1 Å². The van der Waals surface area contributed by atoms with Crippen LogP contribution in [0.5, 0.6) is 5.75 Å². The second-order valence-corrected chi connectivity index (χ2v) is 8.33. The van der Waals surface area contributed by atoms with E-state index in [2.05, 4.69) is 33.8 Å². The molecular weight excluding hydrogens is 426 g/mol. The molecule has 2 aromatic carbocycles. The Bertz CT molecular complexity index is 1080. The maximum absolute atomic E-state index is 12.8. The molecule has 0 spiro atoms. The maximum atomic E-state index is 12.8. The van der Waals surface area contributed by atoms with E-state index in [1.54, 1.807) is 6.33 Å². The first-order valence-electron chi connectivity index (χ1n) is 10.9. The molecule has 0 saturated heterocycles. The van der Waals surface area contributed by atoms with Gasteiger partial charge in [-0.3, -0.25) is 4.79 Å². The third-order valence-corrected chi connectivity index (χ3v) is 5.69. The quantitative estimate of drug-likeness (QED) is 0.462. The number of fused-ring (bicyclic) bond motifs is 1. The third-order valence-electron chi connectivity index (χ3n) is 5.41. The Morgan fingerprint density at radius 1 is 1.28 bits per heavy atom. The molecule has 4 N–H and O–H groups in total. The summed E-state index contributed by atoms with van der Waals surface area (Å²) in [6.07, 6.45) is 3.25. The van der Waals surface area contributed by atoms with E-state index in [0.717, 1.165) is 29.7 Å². The van der Waals surface area contributed by atoms with E-state index in [9.17, 15) is 4.79 Å². The highest BCUT2D eigenvalue weighted by Gasteiger charge is 2.21. The zero-order chi connectivity index (χ0) is 22.5. The molecule has 0 fully saturated rings. The van der Waals surface area contributed by atoms with E-state index in [-0.39, 0.29) is 11.9 Å². The number of carbonyl (C=O) groups excluding carboxylic acids is 1. The van der Waals surface area contributed by atoms with Gasteiger partial charge in [0.15, 0.2) is 11.5 Å². The van der Waals surface area contributed by atoms with Crippen molar-refractivity contribution in [3.05, 3.63) is 76.2 Å². The summed E-state index contributed by atoms with van der Waals surface area (Å²) in [7, 11) is 0. The van der Waals surface area contributed by atoms with Gasteiger partial charge < -0.3 is 25.7 Å². The molecule has 1 atom stereocenters. The van der Waals surface area contributed by atoms with E-state index in [1.807, 2.05) is 35.8 Å². The molecule has 8 heteroatoms. The van der Waals surface area contributed by atoms with Crippen molar-refractivity contribution >= 4 is 23.3 Å². The highest BCUT2D eigenvalue weighted by molar-refractivity contribution is 6.32. The minimum atomic E-state index is -0.181. The molecule has 1 aliphatic rings. The predicted molar refractivity (Wildman–Crippen MR) is 127 cm³/mol. The molecule has 1 aromatic heterocycles. The summed E-state index contributed by atoms with van der Waals surface area (Å²) in [6, 6.07) is 14.0. The van der Waals surface area contributed by atoms with E-state index >= 15 is 0 Å². The average Bonchev–Trinajstić information content (AvgIpc) is 3.40. The number of imidazole rings is 1. The predicted octanol–water partition coefficient (Wildman–Crippen LogP) is 3.25. The SMILES string of the molecule is CCNC(=O)c1c(NC[C@H](N)Cc2ccccc2)ncn1Cc1cc(Cl)c2c(c1)CCO2. The summed E-state index contributed by atoms with van der Waals surface area (Å²) in [5, 5.41) is 6.74. The van der Waals surface area contributed by atoms with Gasteiger partial charge in [-0.1, -0.05) is 48.0 Å². The highest BCUT2D eigenvalue weighted by Crippen LogP contribution is 2.35. The first-order valence-corrected chi connectivity index (χ1v) is 11.2. The lowest BCUT2D eigenvalue weighted by molar-refractivity contribution is 0.0948. The van der Waals surface area contributed by atoms with Crippen LogP contribution in [0.3, 0.4) is 0 Å². The molecule has 0 unspecified atom stereocenters. The van der Waals surface area contributed by atoms with Gasteiger partial charge in [0.2, 0.25) is 0 Å². The molecule has 168 valence electrons. The lowest BCUT2D eigenvalue weighted by Gasteiger charge is -2.15. The topological polar surface area (TPSA) is 94.2 Å². The fraction of sp³-hybridized carbons (Fsp3) is 0.333. The Labute approximate surface area is 192 Å². The van der Waals surface area contributed by atoms with Crippen LogP contribution in [0.15, 0.2) is 48.8 Å².